The van der Waals surface area contributed by atoms with Gasteiger partial charge in [-0.25, -0.2) is 21.9 Å². The maximum absolute atomic E-state index is 13.2. The highest BCUT2D eigenvalue weighted by Crippen LogP contribution is 2.22. The Hall–Kier alpha value is -1.49. The number of nitrogens with one attached hydrogen (secondary N) is 1. The molecule has 1 aliphatic rings. The van der Waals surface area contributed by atoms with Gasteiger partial charge in [0.25, 0.3) is 0 Å². The molecule has 0 spiro atoms. The van der Waals surface area contributed by atoms with Crippen molar-refractivity contribution in [1.29, 1.82) is 0 Å². The molecule has 0 radical (unpaired) electrons. The lowest BCUT2D eigenvalue weighted by atomic mass is 10.1. The summed E-state index contributed by atoms with van der Waals surface area (Å²) in [6.07, 6.45) is 1.07. The van der Waals surface area contributed by atoms with E-state index in [1.165, 1.54) is 6.07 Å². The number of thioether (sulfide) groups is 1. The Balaban J connectivity index is 1.47. The number of carbonyl (C=O) groups excluding carboxylic acids is 1. The van der Waals surface area contributed by atoms with E-state index < -0.39 is 21.7 Å². The monoisotopic (exact) mass is 432 g/mol. The van der Waals surface area contributed by atoms with Gasteiger partial charge in [-0.15, -0.1) is 23.1 Å². The minimum atomic E-state index is -3.51. The molecule has 0 aliphatic carbocycles. The predicted octanol–water partition coefficient (Wildman–Crippen LogP) is 3.09. The molecule has 146 valence electrons. The molecular formula is C17H18F2N2O3S3. The Morgan fingerprint density at radius 1 is 1.22 bits per heavy atom. The molecule has 2 heterocycles. The summed E-state index contributed by atoms with van der Waals surface area (Å²) < 4.78 is 53.6. The number of carbonyl (C=O) groups is 1. The Kier molecular flexibility index (Phi) is 6.51. The summed E-state index contributed by atoms with van der Waals surface area (Å²) in [7, 11) is -3.51. The fourth-order valence-electron chi connectivity index (χ4n) is 2.74. The van der Waals surface area contributed by atoms with Crippen molar-refractivity contribution in [3.05, 3.63) is 47.3 Å². The van der Waals surface area contributed by atoms with Crippen molar-refractivity contribution in [1.82, 2.24) is 9.62 Å². The number of amides is 1. The molecule has 1 saturated heterocycles. The second kappa shape index (κ2) is 8.68. The van der Waals surface area contributed by atoms with Gasteiger partial charge in [0, 0.05) is 24.0 Å². The highest BCUT2D eigenvalue weighted by Gasteiger charge is 2.27. The SMILES string of the molecule is O=C(CSc1ccc(F)c(F)c1)N1CCC(NS(=O)(=O)c2cccs2)CC1. The van der Waals surface area contributed by atoms with E-state index in [2.05, 4.69) is 4.72 Å². The van der Waals surface area contributed by atoms with E-state index in [0.717, 1.165) is 35.2 Å². The number of likely N-dealkylation sites (tertiary alicyclic amines) is 1. The van der Waals surface area contributed by atoms with Gasteiger partial charge in [-0.05, 0) is 42.5 Å². The molecule has 2 aromatic rings. The van der Waals surface area contributed by atoms with Gasteiger partial charge in [0.15, 0.2) is 11.6 Å². The number of hydrogen-bond donors (Lipinski definition) is 1. The molecule has 0 saturated carbocycles. The zero-order valence-electron chi connectivity index (χ0n) is 14.2. The van der Waals surface area contributed by atoms with Crippen molar-refractivity contribution in [3.63, 3.8) is 0 Å². The molecule has 0 unspecified atom stereocenters. The summed E-state index contributed by atoms with van der Waals surface area (Å²) in [5.74, 6) is -1.84. The molecule has 1 fully saturated rings. The third-order valence-corrected chi connectivity index (χ3v) is 8.08. The van der Waals surface area contributed by atoms with Gasteiger partial charge in [0.1, 0.15) is 4.21 Å². The van der Waals surface area contributed by atoms with Gasteiger partial charge in [0.05, 0.1) is 5.75 Å². The lowest BCUT2D eigenvalue weighted by Crippen LogP contribution is -2.46. The van der Waals surface area contributed by atoms with Gasteiger partial charge < -0.3 is 4.90 Å². The van der Waals surface area contributed by atoms with Gasteiger partial charge in [-0.2, -0.15) is 0 Å². The number of rotatable bonds is 6. The van der Waals surface area contributed by atoms with Gasteiger partial charge in [0.2, 0.25) is 15.9 Å². The van der Waals surface area contributed by atoms with Gasteiger partial charge >= 0.3 is 0 Å². The van der Waals surface area contributed by atoms with Gasteiger partial charge in [-0.3, -0.25) is 4.79 Å². The summed E-state index contributed by atoms with van der Waals surface area (Å²) in [5, 5.41) is 1.71. The number of thiophene rings is 1. The van der Waals surface area contributed by atoms with Crippen LogP contribution in [0.4, 0.5) is 8.78 Å². The van der Waals surface area contributed by atoms with Crippen molar-refractivity contribution in [2.45, 2.75) is 28.0 Å². The highest BCUT2D eigenvalue weighted by molar-refractivity contribution is 8.00. The first-order valence-corrected chi connectivity index (χ1v) is 11.6. The first kappa shape index (κ1) is 20.2. The Morgan fingerprint density at radius 2 is 1.96 bits per heavy atom. The van der Waals surface area contributed by atoms with E-state index >= 15 is 0 Å². The summed E-state index contributed by atoms with van der Waals surface area (Å²) in [5.41, 5.74) is 0. The molecule has 1 aliphatic heterocycles. The lowest BCUT2D eigenvalue weighted by molar-refractivity contribution is -0.129. The second-order valence-corrected chi connectivity index (χ2v) is 10.0. The number of benzene rings is 1. The zero-order chi connectivity index (χ0) is 19.4. The minimum absolute atomic E-state index is 0.107. The summed E-state index contributed by atoms with van der Waals surface area (Å²) in [4.78, 5) is 14.5. The molecule has 1 aromatic heterocycles. The average Bonchev–Trinajstić information content (AvgIpc) is 3.18. The lowest BCUT2D eigenvalue weighted by Gasteiger charge is -2.32. The number of hydrogen-bond acceptors (Lipinski definition) is 5. The fraction of sp³-hybridized carbons (Fsp3) is 0.353. The predicted molar refractivity (Wildman–Crippen MR) is 101 cm³/mol. The smallest absolute Gasteiger partial charge is 0.250 e. The maximum atomic E-state index is 13.2. The van der Waals surface area contributed by atoms with Gasteiger partial charge in [-0.1, -0.05) is 6.07 Å². The summed E-state index contributed by atoms with van der Waals surface area (Å²) >= 11 is 2.31. The van der Waals surface area contributed by atoms with E-state index in [1.54, 1.807) is 22.4 Å². The molecule has 1 N–H and O–H groups in total. The molecule has 1 amide bonds. The number of nitrogens with zero attached hydrogens (tertiary/aromatic N) is 1. The molecular weight excluding hydrogens is 414 g/mol. The third kappa shape index (κ3) is 5.28. The average molecular weight is 433 g/mol. The van der Waals surface area contributed by atoms with Crippen LogP contribution in [0, 0.1) is 11.6 Å². The summed E-state index contributed by atoms with van der Waals surface area (Å²) in [6, 6.07) is 6.57. The van der Waals surface area contributed by atoms with Crippen molar-refractivity contribution < 1.29 is 22.0 Å². The maximum Gasteiger partial charge on any atom is 0.250 e. The topological polar surface area (TPSA) is 66.5 Å². The molecule has 3 rings (SSSR count). The van der Waals surface area contributed by atoms with E-state index in [1.807, 2.05) is 0 Å². The molecule has 1 aromatic carbocycles. The Morgan fingerprint density at radius 3 is 2.59 bits per heavy atom. The van der Waals surface area contributed by atoms with E-state index in [4.69, 9.17) is 0 Å². The Bertz CT molecular complexity index is 896. The largest absolute Gasteiger partial charge is 0.342 e. The van der Waals surface area contributed by atoms with Crippen LogP contribution in [0.1, 0.15) is 12.8 Å². The molecule has 10 heteroatoms. The van der Waals surface area contributed by atoms with E-state index in [-0.39, 0.29) is 21.9 Å². The van der Waals surface area contributed by atoms with Crippen LogP contribution in [0.15, 0.2) is 44.8 Å². The van der Waals surface area contributed by atoms with Crippen LogP contribution in [-0.4, -0.2) is 44.1 Å². The second-order valence-electron chi connectivity index (χ2n) is 6.07. The normalized spacial score (nSPS) is 15.9. The summed E-state index contributed by atoms with van der Waals surface area (Å²) in [6.45, 7) is 0.906. The number of halogens is 2. The minimum Gasteiger partial charge on any atom is -0.342 e. The van der Waals surface area contributed by atoms with Crippen LogP contribution in [0.5, 0.6) is 0 Å². The van der Waals surface area contributed by atoms with Crippen LogP contribution < -0.4 is 4.72 Å². The number of piperidine rings is 1. The number of sulfonamides is 1. The standard InChI is InChI=1S/C17H18F2N2O3S3/c18-14-4-3-13(10-15(14)19)26-11-16(22)21-7-5-12(6-8-21)20-27(23,24)17-2-1-9-25-17/h1-4,9-10,12,20H,5-8,11H2. The van der Waals surface area contributed by atoms with Crippen LogP contribution >= 0.6 is 23.1 Å². The van der Waals surface area contributed by atoms with Crippen LogP contribution in [0.25, 0.3) is 0 Å². The zero-order valence-corrected chi connectivity index (χ0v) is 16.7. The third-order valence-electron chi connectivity index (χ3n) is 4.18. The van der Waals surface area contributed by atoms with Crippen molar-refractivity contribution in [3.8, 4) is 0 Å². The van der Waals surface area contributed by atoms with E-state index in [9.17, 15) is 22.0 Å². The molecule has 0 bridgehead atoms. The van der Waals surface area contributed by atoms with Crippen LogP contribution in [0.2, 0.25) is 0 Å². The quantitative estimate of drug-likeness (QED) is 0.713. The van der Waals surface area contributed by atoms with Crippen molar-refractivity contribution in [2.24, 2.45) is 0 Å². The van der Waals surface area contributed by atoms with Crippen molar-refractivity contribution >= 4 is 39.0 Å². The molecule has 5 nitrogen and oxygen atoms in total. The molecule has 27 heavy (non-hydrogen) atoms. The first-order chi connectivity index (χ1) is 12.8. The van der Waals surface area contributed by atoms with Crippen LogP contribution in [-0.2, 0) is 14.8 Å². The van der Waals surface area contributed by atoms with Crippen LogP contribution in [0.3, 0.4) is 0 Å². The fourth-order valence-corrected chi connectivity index (χ4v) is 5.88. The van der Waals surface area contributed by atoms with Crippen molar-refractivity contribution in [2.75, 3.05) is 18.8 Å². The first-order valence-electron chi connectivity index (χ1n) is 8.26. The highest BCUT2D eigenvalue weighted by atomic mass is 32.2. The Labute approximate surface area is 164 Å². The molecule has 0 atom stereocenters. The van der Waals surface area contributed by atoms with E-state index in [0.29, 0.717) is 30.8 Å².